The molecule has 1 fully saturated rings. The summed E-state index contributed by atoms with van der Waals surface area (Å²) < 4.78 is 1.47. The summed E-state index contributed by atoms with van der Waals surface area (Å²) in [4.78, 5) is 44.9. The number of hydrogen-bond acceptors (Lipinski definition) is 5. The fourth-order valence-corrected chi connectivity index (χ4v) is 3.29. The van der Waals surface area contributed by atoms with Gasteiger partial charge in [-0.25, -0.2) is 4.98 Å². The molecule has 0 spiro atoms. The van der Waals surface area contributed by atoms with E-state index in [-0.39, 0.29) is 30.0 Å². The van der Waals surface area contributed by atoms with Gasteiger partial charge in [-0.2, -0.15) is 0 Å². The first-order valence-corrected chi connectivity index (χ1v) is 9.72. The Kier molecular flexibility index (Phi) is 6.41. The molecule has 0 saturated carbocycles. The third kappa shape index (κ3) is 4.75. The predicted molar refractivity (Wildman–Crippen MR) is 107 cm³/mol. The lowest BCUT2D eigenvalue weighted by molar-refractivity contribution is -0.133. The molecule has 8 nitrogen and oxygen atoms in total. The zero-order valence-electron chi connectivity index (χ0n) is 16.4. The van der Waals surface area contributed by atoms with Gasteiger partial charge < -0.3 is 10.2 Å². The maximum Gasteiger partial charge on any atom is 0.269 e. The summed E-state index contributed by atoms with van der Waals surface area (Å²) in [6.07, 6.45) is 2.15. The number of nitrogens with zero attached hydrogens (tertiary/aromatic N) is 4. The number of carbonyl (C=O) groups is 2. The minimum atomic E-state index is -0.285. The van der Waals surface area contributed by atoms with Crippen LogP contribution in [0.2, 0.25) is 0 Å². The van der Waals surface area contributed by atoms with E-state index in [0.29, 0.717) is 43.8 Å². The number of piperazine rings is 1. The average molecular weight is 385 g/mol. The molecule has 1 N–H and O–H groups in total. The summed E-state index contributed by atoms with van der Waals surface area (Å²) in [5.74, 6) is -0.0777. The Balaban J connectivity index is 1.57. The van der Waals surface area contributed by atoms with Gasteiger partial charge in [-0.15, -0.1) is 0 Å². The Hall–Kier alpha value is -2.74. The molecule has 0 radical (unpaired) electrons. The highest BCUT2D eigenvalue weighted by Crippen LogP contribution is 2.09. The van der Waals surface area contributed by atoms with Crippen LogP contribution in [-0.4, -0.2) is 69.9 Å². The molecule has 150 valence electrons. The van der Waals surface area contributed by atoms with Gasteiger partial charge in [-0.3, -0.25) is 23.9 Å². The third-order valence-corrected chi connectivity index (χ3v) is 5.16. The number of aromatic nitrogens is 2. The Bertz CT molecular complexity index is 902. The Morgan fingerprint density at radius 3 is 2.57 bits per heavy atom. The highest BCUT2D eigenvalue weighted by molar-refractivity contribution is 5.80. The van der Waals surface area contributed by atoms with E-state index >= 15 is 0 Å². The van der Waals surface area contributed by atoms with E-state index in [9.17, 15) is 14.4 Å². The molecular weight excluding hydrogens is 358 g/mol. The van der Waals surface area contributed by atoms with Gasteiger partial charge in [0.2, 0.25) is 11.8 Å². The normalized spacial score (nSPS) is 16.1. The van der Waals surface area contributed by atoms with Crippen molar-refractivity contribution in [1.82, 2.24) is 24.7 Å². The van der Waals surface area contributed by atoms with E-state index in [1.54, 1.807) is 11.0 Å². The van der Waals surface area contributed by atoms with E-state index in [1.165, 1.54) is 10.8 Å². The summed E-state index contributed by atoms with van der Waals surface area (Å²) >= 11 is 0. The number of carbonyl (C=O) groups excluding carboxylic acids is 2. The zero-order valence-corrected chi connectivity index (χ0v) is 16.4. The number of hydrogen-bond donors (Lipinski definition) is 1. The monoisotopic (exact) mass is 385 g/mol. The minimum absolute atomic E-state index is 0.00360. The van der Waals surface area contributed by atoms with Gasteiger partial charge in [0.15, 0.2) is 0 Å². The molecule has 1 aliphatic heterocycles. The van der Waals surface area contributed by atoms with Gasteiger partial charge in [0.1, 0.15) is 6.54 Å². The minimum Gasteiger partial charge on any atom is -0.353 e. The number of amides is 2. The van der Waals surface area contributed by atoms with Crippen LogP contribution in [0.15, 0.2) is 35.3 Å². The topological polar surface area (TPSA) is 87.5 Å². The molecule has 1 aromatic heterocycles. The van der Waals surface area contributed by atoms with E-state index < -0.39 is 0 Å². The molecule has 1 aliphatic rings. The van der Waals surface area contributed by atoms with Gasteiger partial charge >= 0.3 is 0 Å². The molecular formula is C20H27N5O3. The fraction of sp³-hybridized carbons (Fsp3) is 0.500. The van der Waals surface area contributed by atoms with E-state index in [1.807, 2.05) is 32.0 Å². The van der Waals surface area contributed by atoms with Crippen molar-refractivity contribution in [3.8, 4) is 0 Å². The number of rotatable bonds is 6. The zero-order chi connectivity index (χ0) is 20.1. The van der Waals surface area contributed by atoms with E-state index in [2.05, 4.69) is 15.2 Å². The summed E-state index contributed by atoms with van der Waals surface area (Å²) in [5.41, 5.74) is 1.06. The lowest BCUT2D eigenvalue weighted by Crippen LogP contribution is -2.52. The SMILES string of the molecule is CCC(C)NC(=O)CN1CCN(C(=O)Cn2c(=O)cnc3ccccc32)CC1. The number of para-hydroxylation sites is 2. The molecule has 1 saturated heterocycles. The summed E-state index contributed by atoms with van der Waals surface area (Å²) in [7, 11) is 0. The molecule has 0 aliphatic carbocycles. The molecule has 2 aromatic rings. The van der Waals surface area contributed by atoms with Gasteiger partial charge in [-0.1, -0.05) is 19.1 Å². The van der Waals surface area contributed by atoms with Crippen LogP contribution in [0.1, 0.15) is 20.3 Å². The van der Waals surface area contributed by atoms with Crippen molar-refractivity contribution >= 4 is 22.8 Å². The lowest BCUT2D eigenvalue weighted by atomic mass is 10.2. The lowest BCUT2D eigenvalue weighted by Gasteiger charge is -2.34. The predicted octanol–water partition coefficient (Wildman–Crippen LogP) is 0.455. The standard InChI is InChI=1S/C20H27N5O3/c1-3-15(2)22-18(26)13-23-8-10-24(11-9-23)20(28)14-25-17-7-5-4-6-16(17)21-12-19(25)27/h4-7,12,15H,3,8-11,13-14H2,1-2H3,(H,22,26). The Morgan fingerprint density at radius 1 is 1.14 bits per heavy atom. The van der Waals surface area contributed by atoms with Crippen LogP contribution in [0.5, 0.6) is 0 Å². The average Bonchev–Trinajstić information content (AvgIpc) is 2.70. The first-order valence-electron chi connectivity index (χ1n) is 9.72. The van der Waals surface area contributed by atoms with Crippen molar-refractivity contribution in [3.05, 3.63) is 40.8 Å². The van der Waals surface area contributed by atoms with Crippen LogP contribution in [0, 0.1) is 0 Å². The van der Waals surface area contributed by atoms with Crippen LogP contribution in [0.4, 0.5) is 0 Å². The smallest absolute Gasteiger partial charge is 0.269 e. The maximum atomic E-state index is 12.7. The van der Waals surface area contributed by atoms with Gasteiger partial charge in [-0.05, 0) is 25.5 Å². The van der Waals surface area contributed by atoms with E-state index in [0.717, 1.165) is 6.42 Å². The van der Waals surface area contributed by atoms with Crippen LogP contribution >= 0.6 is 0 Å². The number of benzene rings is 1. The van der Waals surface area contributed by atoms with Crippen LogP contribution < -0.4 is 10.9 Å². The number of nitrogens with one attached hydrogen (secondary N) is 1. The summed E-state index contributed by atoms with van der Waals surface area (Å²) in [6, 6.07) is 7.46. The molecule has 1 atom stereocenters. The molecule has 8 heteroatoms. The van der Waals surface area contributed by atoms with Gasteiger partial charge in [0.05, 0.1) is 23.8 Å². The van der Waals surface area contributed by atoms with Crippen LogP contribution in [0.3, 0.4) is 0 Å². The van der Waals surface area contributed by atoms with Crippen molar-refractivity contribution in [2.45, 2.75) is 32.9 Å². The molecule has 2 amide bonds. The van der Waals surface area contributed by atoms with Crippen LogP contribution in [0.25, 0.3) is 11.0 Å². The summed E-state index contributed by atoms with van der Waals surface area (Å²) in [6.45, 7) is 6.75. The van der Waals surface area contributed by atoms with Crippen LogP contribution in [-0.2, 0) is 16.1 Å². The van der Waals surface area contributed by atoms with Gasteiger partial charge in [0, 0.05) is 32.2 Å². The van der Waals surface area contributed by atoms with Crippen molar-refractivity contribution in [1.29, 1.82) is 0 Å². The van der Waals surface area contributed by atoms with E-state index in [4.69, 9.17) is 0 Å². The maximum absolute atomic E-state index is 12.7. The quantitative estimate of drug-likeness (QED) is 0.780. The number of fused-ring (bicyclic) bond motifs is 1. The summed E-state index contributed by atoms with van der Waals surface area (Å²) in [5, 5.41) is 2.96. The van der Waals surface area contributed by atoms with Crippen molar-refractivity contribution < 1.29 is 9.59 Å². The second kappa shape index (κ2) is 8.97. The highest BCUT2D eigenvalue weighted by Gasteiger charge is 2.23. The highest BCUT2D eigenvalue weighted by atomic mass is 16.2. The molecule has 2 heterocycles. The Labute approximate surface area is 164 Å². The molecule has 1 aromatic carbocycles. The van der Waals surface area contributed by atoms with Crippen molar-refractivity contribution in [2.24, 2.45) is 0 Å². The van der Waals surface area contributed by atoms with Gasteiger partial charge in [0.25, 0.3) is 5.56 Å². The molecule has 1 unspecified atom stereocenters. The van der Waals surface area contributed by atoms with Crippen molar-refractivity contribution in [2.75, 3.05) is 32.7 Å². The second-order valence-electron chi connectivity index (χ2n) is 7.21. The third-order valence-electron chi connectivity index (χ3n) is 5.16. The first kappa shape index (κ1) is 20.0. The first-order chi connectivity index (χ1) is 13.5. The molecule has 0 bridgehead atoms. The largest absolute Gasteiger partial charge is 0.353 e. The molecule has 3 rings (SSSR count). The molecule has 28 heavy (non-hydrogen) atoms. The van der Waals surface area contributed by atoms with Crippen molar-refractivity contribution in [3.63, 3.8) is 0 Å². The Morgan fingerprint density at radius 2 is 1.86 bits per heavy atom. The second-order valence-corrected chi connectivity index (χ2v) is 7.21. The fourth-order valence-electron chi connectivity index (χ4n) is 3.29.